The highest BCUT2D eigenvalue weighted by Crippen LogP contribution is 2.15. The lowest BCUT2D eigenvalue weighted by atomic mass is 9.86. The van der Waals surface area contributed by atoms with Crippen LogP contribution < -0.4 is 5.73 Å². The summed E-state index contributed by atoms with van der Waals surface area (Å²) in [6, 6.07) is 0. The van der Waals surface area contributed by atoms with Crippen LogP contribution in [-0.2, 0) is 9.59 Å². The minimum absolute atomic E-state index is 0.295. The minimum Gasteiger partial charge on any atom is -0.480 e. The highest BCUT2D eigenvalue weighted by Gasteiger charge is 2.38. The van der Waals surface area contributed by atoms with Crippen LogP contribution in [0.15, 0.2) is 0 Å². The van der Waals surface area contributed by atoms with Gasteiger partial charge >= 0.3 is 5.97 Å². The quantitative estimate of drug-likeness (QED) is 0.447. The summed E-state index contributed by atoms with van der Waals surface area (Å²) in [7, 11) is 0. The number of hydrogen-bond donors (Lipinski definition) is 2. The van der Waals surface area contributed by atoms with Gasteiger partial charge in [-0.25, -0.2) is 4.79 Å². The first-order valence-electron chi connectivity index (χ1n) is 3.47. The summed E-state index contributed by atoms with van der Waals surface area (Å²) < 4.78 is 0. The van der Waals surface area contributed by atoms with Gasteiger partial charge in [0.1, 0.15) is 0 Å². The molecule has 64 valence electrons. The van der Waals surface area contributed by atoms with Crippen LogP contribution in [0.5, 0.6) is 0 Å². The maximum absolute atomic E-state index is 10.5. The van der Waals surface area contributed by atoms with E-state index < -0.39 is 11.5 Å². The minimum atomic E-state index is -1.71. The van der Waals surface area contributed by atoms with E-state index in [2.05, 4.69) is 0 Å². The Hall–Kier alpha value is -0.900. The number of hydrogen-bond acceptors (Lipinski definition) is 3. The third kappa shape index (κ3) is 1.77. The van der Waals surface area contributed by atoms with Gasteiger partial charge in [-0.3, -0.25) is 0 Å². The molecule has 0 heterocycles. The second kappa shape index (κ2) is 3.48. The largest absolute Gasteiger partial charge is 0.480 e. The van der Waals surface area contributed by atoms with Gasteiger partial charge in [-0.1, -0.05) is 20.3 Å². The van der Waals surface area contributed by atoms with E-state index in [4.69, 9.17) is 10.8 Å². The summed E-state index contributed by atoms with van der Waals surface area (Å²) in [5.74, 6) is -1.60. The number of carbonyl (C=O) groups excluding carboxylic acids is 1. The van der Waals surface area contributed by atoms with Gasteiger partial charge in [-0.15, -0.1) is 0 Å². The molecule has 0 saturated carbocycles. The van der Waals surface area contributed by atoms with E-state index in [1.807, 2.05) is 0 Å². The van der Waals surface area contributed by atoms with Crippen molar-refractivity contribution in [2.75, 3.05) is 0 Å². The third-order valence-electron chi connectivity index (χ3n) is 1.99. The molecule has 0 aromatic heterocycles. The standard InChI is InChI=1S/C7H13NO3/c1-3-5(2)7(8,4-9)6(10)11/h4-5H,3,8H2,1-2H3,(H,10,11)/t5?,7-/m0/s1. The van der Waals surface area contributed by atoms with E-state index >= 15 is 0 Å². The van der Waals surface area contributed by atoms with Crippen LogP contribution in [-0.4, -0.2) is 22.9 Å². The molecule has 0 rings (SSSR count). The van der Waals surface area contributed by atoms with Gasteiger partial charge in [0.25, 0.3) is 0 Å². The molecule has 0 bridgehead atoms. The second-order valence-corrected chi connectivity index (χ2v) is 2.67. The second-order valence-electron chi connectivity index (χ2n) is 2.67. The number of carboxylic acids is 1. The fraction of sp³-hybridized carbons (Fsp3) is 0.714. The maximum Gasteiger partial charge on any atom is 0.331 e. The van der Waals surface area contributed by atoms with Crippen LogP contribution >= 0.6 is 0 Å². The van der Waals surface area contributed by atoms with Gasteiger partial charge in [-0.05, 0) is 5.92 Å². The molecule has 0 spiro atoms. The van der Waals surface area contributed by atoms with Gasteiger partial charge in [0.2, 0.25) is 0 Å². The Morgan fingerprint density at radius 1 is 1.82 bits per heavy atom. The Kier molecular flexibility index (Phi) is 3.19. The average Bonchev–Trinajstić information content (AvgIpc) is 2.01. The highest BCUT2D eigenvalue weighted by molar-refractivity contribution is 5.97. The van der Waals surface area contributed by atoms with Gasteiger partial charge in [-0.2, -0.15) is 0 Å². The normalized spacial score (nSPS) is 18.5. The SMILES string of the molecule is CCC(C)[C@@](N)(C=O)C(=O)O. The van der Waals surface area contributed by atoms with Crippen molar-refractivity contribution in [2.45, 2.75) is 25.8 Å². The predicted molar refractivity (Wildman–Crippen MR) is 40.1 cm³/mol. The van der Waals surface area contributed by atoms with Crippen LogP contribution in [0.1, 0.15) is 20.3 Å². The summed E-state index contributed by atoms with van der Waals surface area (Å²) >= 11 is 0. The molecular formula is C7H13NO3. The Morgan fingerprint density at radius 3 is 2.36 bits per heavy atom. The smallest absolute Gasteiger partial charge is 0.331 e. The van der Waals surface area contributed by atoms with E-state index in [1.54, 1.807) is 13.8 Å². The van der Waals surface area contributed by atoms with Gasteiger partial charge in [0.15, 0.2) is 11.8 Å². The number of aldehydes is 1. The van der Waals surface area contributed by atoms with Crippen molar-refractivity contribution in [3.63, 3.8) is 0 Å². The summed E-state index contributed by atoms with van der Waals surface area (Å²) in [5, 5.41) is 8.58. The molecule has 4 heteroatoms. The number of carboxylic acid groups (broad SMARTS) is 1. The molecule has 11 heavy (non-hydrogen) atoms. The third-order valence-corrected chi connectivity index (χ3v) is 1.99. The van der Waals surface area contributed by atoms with E-state index in [-0.39, 0.29) is 5.92 Å². The molecule has 0 saturated heterocycles. The molecular weight excluding hydrogens is 146 g/mol. The zero-order valence-electron chi connectivity index (χ0n) is 6.70. The Bertz CT molecular complexity index is 169. The summed E-state index contributed by atoms with van der Waals surface area (Å²) in [6.45, 7) is 3.43. The fourth-order valence-electron chi connectivity index (χ4n) is 0.715. The van der Waals surface area contributed by atoms with Crippen LogP contribution in [0.25, 0.3) is 0 Å². The number of carbonyl (C=O) groups is 2. The van der Waals surface area contributed by atoms with Crippen molar-refractivity contribution in [3.05, 3.63) is 0 Å². The van der Waals surface area contributed by atoms with Crippen LogP contribution in [0.4, 0.5) is 0 Å². The summed E-state index contributed by atoms with van der Waals surface area (Å²) in [6.07, 6.45) is 0.866. The lowest BCUT2D eigenvalue weighted by Gasteiger charge is -2.23. The number of rotatable bonds is 4. The van der Waals surface area contributed by atoms with Crippen molar-refractivity contribution in [3.8, 4) is 0 Å². The molecule has 4 nitrogen and oxygen atoms in total. The Morgan fingerprint density at radius 2 is 2.27 bits per heavy atom. The molecule has 1 unspecified atom stereocenters. The molecule has 0 aliphatic rings. The molecule has 2 atom stereocenters. The maximum atomic E-state index is 10.5. The molecule has 0 aliphatic heterocycles. The monoisotopic (exact) mass is 159 g/mol. The molecule has 0 aliphatic carbocycles. The van der Waals surface area contributed by atoms with Crippen LogP contribution in [0.2, 0.25) is 0 Å². The van der Waals surface area contributed by atoms with Gasteiger partial charge in [0, 0.05) is 0 Å². The van der Waals surface area contributed by atoms with Crippen molar-refractivity contribution in [1.82, 2.24) is 0 Å². The van der Waals surface area contributed by atoms with E-state index in [0.717, 1.165) is 0 Å². The van der Waals surface area contributed by atoms with Crippen molar-refractivity contribution < 1.29 is 14.7 Å². The van der Waals surface area contributed by atoms with E-state index in [0.29, 0.717) is 12.7 Å². The topological polar surface area (TPSA) is 80.4 Å². The van der Waals surface area contributed by atoms with E-state index in [1.165, 1.54) is 0 Å². The lowest BCUT2D eigenvalue weighted by Crippen LogP contribution is -2.54. The zero-order valence-corrected chi connectivity index (χ0v) is 6.70. The summed E-state index contributed by atoms with van der Waals surface area (Å²) in [5.41, 5.74) is 3.61. The van der Waals surface area contributed by atoms with Crippen LogP contribution in [0.3, 0.4) is 0 Å². The average molecular weight is 159 g/mol. The molecule has 0 aromatic carbocycles. The Labute approximate surface area is 65.4 Å². The molecule has 0 fully saturated rings. The van der Waals surface area contributed by atoms with Gasteiger partial charge < -0.3 is 15.6 Å². The lowest BCUT2D eigenvalue weighted by molar-refractivity contribution is -0.147. The molecule has 0 radical (unpaired) electrons. The number of nitrogens with two attached hydrogens (primary N) is 1. The molecule has 3 N–H and O–H groups in total. The van der Waals surface area contributed by atoms with E-state index in [9.17, 15) is 9.59 Å². The summed E-state index contributed by atoms with van der Waals surface area (Å²) in [4.78, 5) is 20.9. The highest BCUT2D eigenvalue weighted by atomic mass is 16.4. The number of aliphatic carboxylic acids is 1. The van der Waals surface area contributed by atoms with Crippen molar-refractivity contribution in [2.24, 2.45) is 11.7 Å². The first kappa shape index (κ1) is 10.1. The van der Waals surface area contributed by atoms with Crippen LogP contribution in [0, 0.1) is 5.92 Å². The first-order valence-corrected chi connectivity index (χ1v) is 3.47. The molecule has 0 aromatic rings. The molecule has 0 amide bonds. The zero-order chi connectivity index (χ0) is 9.07. The fourth-order valence-corrected chi connectivity index (χ4v) is 0.715. The van der Waals surface area contributed by atoms with Crippen molar-refractivity contribution in [1.29, 1.82) is 0 Å². The van der Waals surface area contributed by atoms with Gasteiger partial charge in [0.05, 0.1) is 0 Å². The predicted octanol–water partition coefficient (Wildman–Crippen LogP) is 0.0135. The Balaban J connectivity index is 4.58. The van der Waals surface area contributed by atoms with Crippen molar-refractivity contribution >= 4 is 12.3 Å². The first-order chi connectivity index (χ1) is 4.99.